The summed E-state index contributed by atoms with van der Waals surface area (Å²) in [5, 5.41) is 19.3. The van der Waals surface area contributed by atoms with Crippen LogP contribution < -0.4 is 4.74 Å². The van der Waals surface area contributed by atoms with Gasteiger partial charge in [0.1, 0.15) is 12.2 Å². The number of para-hydroxylation sites is 1. The van der Waals surface area contributed by atoms with Crippen LogP contribution in [-0.2, 0) is 0 Å². The summed E-state index contributed by atoms with van der Waals surface area (Å²) in [5.74, 6) is -2.15. The first-order chi connectivity index (χ1) is 7.93. The van der Waals surface area contributed by atoms with Gasteiger partial charge in [-0.1, -0.05) is 6.07 Å². The van der Waals surface area contributed by atoms with Crippen LogP contribution in [0.3, 0.4) is 0 Å². The molecule has 0 aliphatic rings. The van der Waals surface area contributed by atoms with E-state index in [1.807, 2.05) is 0 Å². The summed E-state index contributed by atoms with van der Waals surface area (Å²) in [4.78, 5) is 20.4. The van der Waals surface area contributed by atoms with Crippen molar-refractivity contribution in [3.63, 3.8) is 0 Å². The summed E-state index contributed by atoms with van der Waals surface area (Å²) in [7, 11) is 0. The topological polar surface area (TPSA) is 89.7 Å². The standard InChI is InChI=1S/C9H7F2NO5/c10-7(11)4-17-8-5(9(13)14)2-1-3-6(8)12(15)16/h1-3,7H,4H2,(H,13,14). The number of nitro groups is 1. The van der Waals surface area contributed by atoms with Gasteiger partial charge < -0.3 is 9.84 Å². The number of ether oxygens (including phenoxy) is 1. The average Bonchev–Trinajstić information content (AvgIpc) is 2.25. The number of benzene rings is 1. The number of carboxylic acids is 1. The van der Waals surface area contributed by atoms with Gasteiger partial charge in [-0.15, -0.1) is 0 Å². The number of nitrogens with zero attached hydrogens (tertiary/aromatic N) is 1. The molecule has 0 aliphatic heterocycles. The summed E-state index contributed by atoms with van der Waals surface area (Å²) >= 11 is 0. The monoisotopic (exact) mass is 247 g/mol. The van der Waals surface area contributed by atoms with Crippen LogP contribution in [0.25, 0.3) is 0 Å². The first kappa shape index (κ1) is 12.8. The number of hydrogen-bond donors (Lipinski definition) is 1. The van der Waals surface area contributed by atoms with Gasteiger partial charge in [-0.25, -0.2) is 13.6 Å². The van der Waals surface area contributed by atoms with Crippen molar-refractivity contribution < 1.29 is 28.3 Å². The van der Waals surface area contributed by atoms with E-state index in [0.717, 1.165) is 18.2 Å². The van der Waals surface area contributed by atoms with E-state index in [2.05, 4.69) is 4.74 Å². The van der Waals surface area contributed by atoms with Crippen LogP contribution in [-0.4, -0.2) is 29.0 Å². The highest BCUT2D eigenvalue weighted by Crippen LogP contribution is 2.31. The number of carboxylic acid groups (broad SMARTS) is 1. The molecule has 92 valence electrons. The van der Waals surface area contributed by atoms with Gasteiger partial charge in [-0.3, -0.25) is 10.1 Å². The van der Waals surface area contributed by atoms with Crippen molar-refractivity contribution >= 4 is 11.7 Å². The maximum atomic E-state index is 11.9. The van der Waals surface area contributed by atoms with Crippen molar-refractivity contribution in [3.05, 3.63) is 33.9 Å². The second-order valence-electron chi connectivity index (χ2n) is 2.92. The number of rotatable bonds is 5. The highest BCUT2D eigenvalue weighted by Gasteiger charge is 2.23. The van der Waals surface area contributed by atoms with Crippen LogP contribution in [0.1, 0.15) is 10.4 Å². The first-order valence-electron chi connectivity index (χ1n) is 4.35. The Labute approximate surface area is 93.6 Å². The molecule has 0 aliphatic carbocycles. The Balaban J connectivity index is 3.19. The Morgan fingerprint density at radius 3 is 2.65 bits per heavy atom. The number of alkyl halides is 2. The molecule has 0 radical (unpaired) electrons. The average molecular weight is 247 g/mol. The molecule has 0 spiro atoms. The largest absolute Gasteiger partial charge is 0.480 e. The third-order valence-electron chi connectivity index (χ3n) is 1.78. The van der Waals surface area contributed by atoms with Crippen LogP contribution in [0.5, 0.6) is 5.75 Å². The predicted octanol–water partition coefficient (Wildman–Crippen LogP) is 1.94. The molecule has 6 nitrogen and oxygen atoms in total. The molecule has 0 fully saturated rings. The molecule has 1 N–H and O–H groups in total. The second kappa shape index (κ2) is 5.19. The summed E-state index contributed by atoms with van der Waals surface area (Å²) in [6.07, 6.45) is -2.85. The summed E-state index contributed by atoms with van der Waals surface area (Å²) < 4.78 is 28.4. The Hall–Kier alpha value is -2.25. The Bertz CT molecular complexity index is 417. The minimum atomic E-state index is -2.85. The molecule has 1 aromatic rings. The SMILES string of the molecule is O=C(O)c1cccc([N+](=O)[O-])c1OCC(F)F. The fourth-order valence-corrected chi connectivity index (χ4v) is 1.14. The van der Waals surface area contributed by atoms with Crippen LogP contribution in [0, 0.1) is 10.1 Å². The van der Waals surface area contributed by atoms with E-state index in [4.69, 9.17) is 5.11 Å². The summed E-state index contributed by atoms with van der Waals surface area (Å²) in [5.41, 5.74) is -1.19. The van der Waals surface area contributed by atoms with E-state index in [9.17, 15) is 23.7 Å². The van der Waals surface area contributed by atoms with Crippen LogP contribution in [0.2, 0.25) is 0 Å². The first-order valence-corrected chi connectivity index (χ1v) is 4.35. The van der Waals surface area contributed by atoms with Gasteiger partial charge in [0, 0.05) is 6.07 Å². The molecule has 8 heteroatoms. The lowest BCUT2D eigenvalue weighted by atomic mass is 10.2. The number of carbonyl (C=O) groups is 1. The molecular formula is C9H7F2NO5. The number of aromatic carboxylic acids is 1. The fourth-order valence-electron chi connectivity index (χ4n) is 1.14. The third-order valence-corrected chi connectivity index (χ3v) is 1.78. The van der Waals surface area contributed by atoms with Crippen LogP contribution in [0.4, 0.5) is 14.5 Å². The highest BCUT2D eigenvalue weighted by atomic mass is 19.3. The van der Waals surface area contributed by atoms with Crippen molar-refractivity contribution in [1.82, 2.24) is 0 Å². The number of halogens is 2. The third kappa shape index (κ3) is 3.10. The highest BCUT2D eigenvalue weighted by molar-refractivity contribution is 5.92. The van der Waals surface area contributed by atoms with E-state index in [0.29, 0.717) is 0 Å². The zero-order chi connectivity index (χ0) is 13.0. The van der Waals surface area contributed by atoms with Gasteiger partial charge in [-0.05, 0) is 6.07 Å². The molecule has 0 atom stereocenters. The van der Waals surface area contributed by atoms with Crippen molar-refractivity contribution in [3.8, 4) is 5.75 Å². The van der Waals surface area contributed by atoms with E-state index < -0.39 is 40.9 Å². The number of hydrogen-bond acceptors (Lipinski definition) is 4. The second-order valence-corrected chi connectivity index (χ2v) is 2.92. The van der Waals surface area contributed by atoms with Gasteiger partial charge in [0.15, 0.2) is 0 Å². The molecule has 0 amide bonds. The maximum absolute atomic E-state index is 11.9. The van der Waals surface area contributed by atoms with Crippen LogP contribution >= 0.6 is 0 Å². The summed E-state index contributed by atoms with van der Waals surface area (Å²) in [6, 6.07) is 3.15. The molecule has 0 heterocycles. The number of nitro benzene ring substituents is 1. The van der Waals surface area contributed by atoms with E-state index in [-0.39, 0.29) is 0 Å². The lowest BCUT2D eigenvalue weighted by Crippen LogP contribution is -2.11. The normalized spacial score (nSPS) is 10.3. The van der Waals surface area contributed by atoms with E-state index >= 15 is 0 Å². The zero-order valence-corrected chi connectivity index (χ0v) is 8.30. The quantitative estimate of drug-likeness (QED) is 0.634. The fraction of sp³-hybridized carbons (Fsp3) is 0.222. The van der Waals surface area contributed by atoms with Gasteiger partial charge in [-0.2, -0.15) is 0 Å². The van der Waals surface area contributed by atoms with Crippen molar-refractivity contribution in [2.45, 2.75) is 6.43 Å². The molecule has 0 unspecified atom stereocenters. The molecule has 17 heavy (non-hydrogen) atoms. The molecule has 0 aromatic heterocycles. The summed E-state index contributed by atoms with van der Waals surface area (Å²) in [6.45, 7) is -1.11. The Morgan fingerprint density at radius 2 is 2.18 bits per heavy atom. The minimum Gasteiger partial charge on any atom is -0.480 e. The van der Waals surface area contributed by atoms with Crippen molar-refractivity contribution in [1.29, 1.82) is 0 Å². The lowest BCUT2D eigenvalue weighted by molar-refractivity contribution is -0.386. The smallest absolute Gasteiger partial charge is 0.339 e. The molecule has 1 rings (SSSR count). The zero-order valence-electron chi connectivity index (χ0n) is 8.30. The Kier molecular flexibility index (Phi) is 3.91. The van der Waals surface area contributed by atoms with Gasteiger partial charge in [0.05, 0.1) is 4.92 Å². The lowest BCUT2D eigenvalue weighted by Gasteiger charge is -2.08. The van der Waals surface area contributed by atoms with E-state index in [1.54, 1.807) is 0 Å². The van der Waals surface area contributed by atoms with Gasteiger partial charge in [0.2, 0.25) is 5.75 Å². The Morgan fingerprint density at radius 1 is 1.53 bits per heavy atom. The van der Waals surface area contributed by atoms with Crippen molar-refractivity contribution in [2.75, 3.05) is 6.61 Å². The predicted molar refractivity (Wildman–Crippen MR) is 51.6 cm³/mol. The van der Waals surface area contributed by atoms with Crippen LogP contribution in [0.15, 0.2) is 18.2 Å². The van der Waals surface area contributed by atoms with Gasteiger partial charge >= 0.3 is 11.7 Å². The molecule has 0 saturated heterocycles. The maximum Gasteiger partial charge on any atom is 0.339 e. The molecule has 0 saturated carbocycles. The minimum absolute atomic E-state index is 0.528. The molecular weight excluding hydrogens is 240 g/mol. The molecule has 0 bridgehead atoms. The van der Waals surface area contributed by atoms with E-state index in [1.165, 1.54) is 0 Å². The van der Waals surface area contributed by atoms with Crippen molar-refractivity contribution in [2.24, 2.45) is 0 Å². The molecule has 1 aromatic carbocycles. The van der Waals surface area contributed by atoms with Gasteiger partial charge in [0.25, 0.3) is 6.43 Å².